The minimum absolute atomic E-state index is 0.00748. The molecule has 0 heterocycles. The smallest absolute Gasteiger partial charge is 0.229 e. The van der Waals surface area contributed by atoms with Crippen molar-refractivity contribution < 1.29 is 28.5 Å². The summed E-state index contributed by atoms with van der Waals surface area (Å²) in [6.07, 6.45) is 0.938. The second-order valence-corrected chi connectivity index (χ2v) is 13.6. The molecule has 0 saturated carbocycles. The summed E-state index contributed by atoms with van der Waals surface area (Å²) in [6, 6.07) is 19.2. The Labute approximate surface area is 242 Å². The summed E-state index contributed by atoms with van der Waals surface area (Å²) in [5.41, 5.74) is 2.73. The Morgan fingerprint density at radius 3 is 2.24 bits per heavy atom. The van der Waals surface area contributed by atoms with Crippen molar-refractivity contribution in [3.63, 3.8) is 0 Å². The van der Waals surface area contributed by atoms with Crippen molar-refractivity contribution in [2.45, 2.75) is 57.6 Å². The van der Waals surface area contributed by atoms with Gasteiger partial charge in [0.2, 0.25) is 15.9 Å². The maximum absolute atomic E-state index is 12.7. The molecule has 0 aliphatic rings. The number of anilines is 1. The Bertz CT molecular complexity index is 1450. The number of aliphatic hydroxyl groups is 1. The Morgan fingerprint density at radius 1 is 0.927 bits per heavy atom. The lowest BCUT2D eigenvalue weighted by Gasteiger charge is -2.28. The largest absolute Gasteiger partial charge is 0.508 e. The topological polar surface area (TPSA) is 148 Å². The van der Waals surface area contributed by atoms with Crippen molar-refractivity contribution in [1.29, 1.82) is 0 Å². The molecule has 9 nitrogen and oxygen atoms in total. The SMILES string of the molecule is CC(C)(Cc1cccc(CC(=O)NCC(C)(C)c2ccc(O)cc2)c1)NCC(O)c1ccc(O)c(NS(C)(=O)=O)c1. The van der Waals surface area contributed by atoms with E-state index in [-0.39, 0.29) is 41.5 Å². The molecule has 10 heteroatoms. The van der Waals surface area contributed by atoms with Gasteiger partial charge < -0.3 is 26.0 Å². The third-order valence-electron chi connectivity index (χ3n) is 6.85. The Hall–Kier alpha value is -3.60. The normalized spacial score (nSPS) is 13.0. The van der Waals surface area contributed by atoms with Crippen LogP contribution in [-0.2, 0) is 33.1 Å². The number of sulfonamides is 1. The Morgan fingerprint density at radius 2 is 1.59 bits per heavy atom. The van der Waals surface area contributed by atoms with Crippen molar-refractivity contribution in [2.24, 2.45) is 0 Å². The number of hydrogen-bond donors (Lipinski definition) is 6. The van der Waals surface area contributed by atoms with E-state index in [1.807, 2.05) is 64.1 Å². The molecule has 1 amide bonds. The number of benzene rings is 3. The standard InChI is InChI=1S/C31H41N3O6S/c1-30(2,24-10-12-25(35)13-11-24)20-32-29(38)16-21-7-6-8-22(15-21)18-31(3,4)33-19-28(37)23-9-14-27(36)26(17-23)34-41(5,39)40/h6-15,17,28,33-37H,16,18-20H2,1-5H3,(H,32,38). The molecule has 41 heavy (non-hydrogen) atoms. The monoisotopic (exact) mass is 583 g/mol. The van der Waals surface area contributed by atoms with Gasteiger partial charge in [0, 0.05) is 24.0 Å². The number of hydrogen-bond acceptors (Lipinski definition) is 7. The van der Waals surface area contributed by atoms with Crippen LogP contribution in [-0.4, -0.2) is 54.5 Å². The van der Waals surface area contributed by atoms with E-state index in [9.17, 15) is 28.5 Å². The lowest BCUT2D eigenvalue weighted by Crippen LogP contribution is -2.43. The van der Waals surface area contributed by atoms with Crippen LogP contribution in [0, 0.1) is 0 Å². The highest BCUT2D eigenvalue weighted by Gasteiger charge is 2.23. The van der Waals surface area contributed by atoms with Crippen LogP contribution in [0.5, 0.6) is 11.5 Å². The van der Waals surface area contributed by atoms with E-state index in [2.05, 4.69) is 15.4 Å². The molecule has 3 rings (SSSR count). The van der Waals surface area contributed by atoms with Crippen molar-refractivity contribution in [3.05, 3.63) is 89.0 Å². The average molecular weight is 584 g/mol. The molecule has 0 aliphatic carbocycles. The van der Waals surface area contributed by atoms with Gasteiger partial charge in [-0.2, -0.15) is 0 Å². The lowest BCUT2D eigenvalue weighted by atomic mass is 9.84. The van der Waals surface area contributed by atoms with E-state index in [0.29, 0.717) is 18.5 Å². The van der Waals surface area contributed by atoms with Crippen LogP contribution >= 0.6 is 0 Å². The van der Waals surface area contributed by atoms with Crippen molar-refractivity contribution in [3.8, 4) is 11.5 Å². The van der Waals surface area contributed by atoms with E-state index in [0.717, 1.165) is 22.9 Å². The molecule has 3 aromatic rings. The first-order valence-electron chi connectivity index (χ1n) is 13.4. The molecule has 0 aromatic heterocycles. The predicted molar refractivity (Wildman–Crippen MR) is 162 cm³/mol. The van der Waals surface area contributed by atoms with E-state index >= 15 is 0 Å². The predicted octanol–water partition coefficient (Wildman–Crippen LogP) is 3.75. The molecule has 0 bridgehead atoms. The van der Waals surface area contributed by atoms with Crippen LogP contribution in [0.3, 0.4) is 0 Å². The first-order chi connectivity index (χ1) is 19.0. The van der Waals surface area contributed by atoms with Crippen LogP contribution in [0.1, 0.15) is 56.1 Å². The highest BCUT2D eigenvalue weighted by molar-refractivity contribution is 7.92. The number of carbonyl (C=O) groups excluding carboxylic acids is 1. The first-order valence-corrected chi connectivity index (χ1v) is 15.3. The number of aromatic hydroxyl groups is 2. The second-order valence-electron chi connectivity index (χ2n) is 11.8. The molecular formula is C31H41N3O6S. The fourth-order valence-electron chi connectivity index (χ4n) is 4.54. The number of carbonyl (C=O) groups is 1. The number of rotatable bonds is 13. The summed E-state index contributed by atoms with van der Waals surface area (Å²) in [6.45, 7) is 8.77. The lowest BCUT2D eigenvalue weighted by molar-refractivity contribution is -0.120. The molecule has 0 fully saturated rings. The van der Waals surface area contributed by atoms with Gasteiger partial charge in [-0.05, 0) is 66.8 Å². The van der Waals surface area contributed by atoms with Crippen molar-refractivity contribution in [1.82, 2.24) is 10.6 Å². The van der Waals surface area contributed by atoms with Gasteiger partial charge in [0.15, 0.2) is 0 Å². The maximum Gasteiger partial charge on any atom is 0.229 e. The minimum atomic E-state index is -3.59. The molecule has 0 saturated heterocycles. The first kappa shape index (κ1) is 31.9. The summed E-state index contributed by atoms with van der Waals surface area (Å²) >= 11 is 0. The zero-order valence-electron chi connectivity index (χ0n) is 24.2. The van der Waals surface area contributed by atoms with Crippen molar-refractivity contribution >= 4 is 21.6 Å². The second kappa shape index (κ2) is 12.9. The Kier molecular flexibility index (Phi) is 10.1. The third kappa shape index (κ3) is 10.1. The fourth-order valence-corrected chi connectivity index (χ4v) is 5.10. The fraction of sp³-hybridized carbons (Fsp3) is 0.387. The Balaban J connectivity index is 1.55. The van der Waals surface area contributed by atoms with Gasteiger partial charge in [-0.3, -0.25) is 9.52 Å². The van der Waals surface area contributed by atoms with Gasteiger partial charge >= 0.3 is 0 Å². The number of aliphatic hydroxyl groups excluding tert-OH is 1. The number of nitrogens with one attached hydrogen (secondary N) is 3. The van der Waals surface area contributed by atoms with Gasteiger partial charge in [-0.25, -0.2) is 8.42 Å². The molecule has 6 N–H and O–H groups in total. The summed E-state index contributed by atoms with van der Waals surface area (Å²) in [5, 5.41) is 36.6. The van der Waals surface area contributed by atoms with Crippen LogP contribution in [0.25, 0.3) is 0 Å². The van der Waals surface area contributed by atoms with Crippen molar-refractivity contribution in [2.75, 3.05) is 24.1 Å². The van der Waals surface area contributed by atoms with E-state index in [1.165, 1.54) is 12.1 Å². The highest BCUT2D eigenvalue weighted by Crippen LogP contribution is 2.28. The summed E-state index contributed by atoms with van der Waals surface area (Å²) in [5.74, 6) is -0.0964. The zero-order chi connectivity index (χ0) is 30.4. The molecule has 222 valence electrons. The zero-order valence-corrected chi connectivity index (χ0v) is 25.0. The van der Waals surface area contributed by atoms with Gasteiger partial charge in [0.1, 0.15) is 11.5 Å². The van der Waals surface area contributed by atoms with Gasteiger partial charge in [-0.15, -0.1) is 0 Å². The number of amides is 1. The van der Waals surface area contributed by atoms with Gasteiger partial charge in [0.05, 0.1) is 24.5 Å². The summed E-state index contributed by atoms with van der Waals surface area (Å²) in [4.78, 5) is 12.7. The molecular weight excluding hydrogens is 542 g/mol. The molecule has 0 aliphatic heterocycles. The number of phenolic OH excluding ortho intramolecular Hbond substituents is 2. The minimum Gasteiger partial charge on any atom is -0.508 e. The quantitative estimate of drug-likeness (QED) is 0.168. The number of phenols is 2. The van der Waals surface area contributed by atoms with Crippen LogP contribution < -0.4 is 15.4 Å². The van der Waals surface area contributed by atoms with Crippen LogP contribution in [0.4, 0.5) is 5.69 Å². The van der Waals surface area contributed by atoms with Gasteiger partial charge in [0.25, 0.3) is 0 Å². The van der Waals surface area contributed by atoms with Crippen LogP contribution in [0.15, 0.2) is 66.7 Å². The maximum atomic E-state index is 12.7. The summed E-state index contributed by atoms with van der Waals surface area (Å²) < 4.78 is 25.4. The van der Waals surface area contributed by atoms with E-state index in [1.54, 1.807) is 18.2 Å². The molecule has 1 atom stereocenters. The molecule has 0 radical (unpaired) electrons. The number of β-amino-alcohol motifs (C(OH)–C–C–N with tert-alkyl or cyclic N) is 1. The highest BCUT2D eigenvalue weighted by atomic mass is 32.2. The van der Waals surface area contributed by atoms with Gasteiger partial charge in [-0.1, -0.05) is 56.3 Å². The van der Waals surface area contributed by atoms with E-state index in [4.69, 9.17) is 0 Å². The molecule has 0 spiro atoms. The third-order valence-corrected chi connectivity index (χ3v) is 7.44. The average Bonchev–Trinajstić information content (AvgIpc) is 2.87. The molecule has 1 unspecified atom stereocenters. The summed E-state index contributed by atoms with van der Waals surface area (Å²) in [7, 11) is -3.59. The molecule has 3 aromatic carbocycles. The van der Waals surface area contributed by atoms with Crippen LogP contribution in [0.2, 0.25) is 0 Å². The van der Waals surface area contributed by atoms with E-state index < -0.39 is 21.7 Å².